The van der Waals surface area contributed by atoms with Crippen molar-refractivity contribution >= 4 is 5.78 Å². The quantitative estimate of drug-likeness (QED) is 0.775. The minimum Gasteiger partial charge on any atom is -0.328 e. The zero-order valence-electron chi connectivity index (χ0n) is 11.2. The van der Waals surface area contributed by atoms with Crippen LogP contribution in [0.5, 0.6) is 0 Å². The molecule has 0 heterocycles. The van der Waals surface area contributed by atoms with Crippen molar-refractivity contribution in [2.24, 2.45) is 11.1 Å². The minimum absolute atomic E-state index is 0.139. The minimum atomic E-state index is -1.34. The Morgan fingerprint density at radius 3 is 1.94 bits per heavy atom. The van der Waals surface area contributed by atoms with Gasteiger partial charge in [0.1, 0.15) is 6.17 Å². The molecule has 0 aromatic heterocycles. The SMILES string of the molecule is CC(C)(C)NC(C(=O)C(C)(C)C)C(F)CN. The van der Waals surface area contributed by atoms with Crippen LogP contribution < -0.4 is 11.1 Å². The molecular weight excluding hydrogens is 207 g/mol. The molecule has 0 aromatic rings. The Bertz CT molecular complexity index is 240. The van der Waals surface area contributed by atoms with E-state index in [1.165, 1.54) is 0 Å². The summed E-state index contributed by atoms with van der Waals surface area (Å²) in [5.74, 6) is -0.139. The molecule has 0 saturated carbocycles. The molecule has 0 aromatic carbocycles. The Hall–Kier alpha value is -0.480. The van der Waals surface area contributed by atoms with Gasteiger partial charge in [-0.1, -0.05) is 20.8 Å². The maximum absolute atomic E-state index is 13.7. The lowest BCUT2D eigenvalue weighted by Crippen LogP contribution is -2.56. The highest BCUT2D eigenvalue weighted by molar-refractivity contribution is 5.89. The Morgan fingerprint density at radius 2 is 1.69 bits per heavy atom. The molecule has 0 rings (SSSR count). The number of carbonyl (C=O) groups is 1. The number of ketones is 1. The molecule has 0 aliphatic rings. The zero-order chi connectivity index (χ0) is 13.1. The normalized spacial score (nSPS) is 17.0. The molecule has 0 bridgehead atoms. The molecule has 0 amide bonds. The van der Waals surface area contributed by atoms with Crippen LogP contribution in [0, 0.1) is 5.41 Å². The molecule has 0 saturated heterocycles. The average molecular weight is 232 g/mol. The van der Waals surface area contributed by atoms with E-state index in [-0.39, 0.29) is 17.9 Å². The first-order chi connectivity index (χ1) is 6.99. The van der Waals surface area contributed by atoms with E-state index in [1.54, 1.807) is 20.8 Å². The van der Waals surface area contributed by atoms with Gasteiger partial charge in [-0.25, -0.2) is 4.39 Å². The van der Waals surface area contributed by atoms with Crippen molar-refractivity contribution < 1.29 is 9.18 Å². The molecule has 96 valence electrons. The van der Waals surface area contributed by atoms with Gasteiger partial charge < -0.3 is 11.1 Å². The highest BCUT2D eigenvalue weighted by Crippen LogP contribution is 2.20. The predicted molar refractivity (Wildman–Crippen MR) is 65.1 cm³/mol. The van der Waals surface area contributed by atoms with Crippen molar-refractivity contribution in [1.82, 2.24) is 5.32 Å². The summed E-state index contributed by atoms with van der Waals surface area (Å²) in [5.41, 5.74) is 4.42. The van der Waals surface area contributed by atoms with Crippen molar-refractivity contribution in [2.75, 3.05) is 6.54 Å². The number of hydrogen-bond acceptors (Lipinski definition) is 3. The van der Waals surface area contributed by atoms with E-state index in [1.807, 2.05) is 20.8 Å². The Labute approximate surface area is 98.0 Å². The van der Waals surface area contributed by atoms with Gasteiger partial charge in [-0.3, -0.25) is 4.79 Å². The van der Waals surface area contributed by atoms with Gasteiger partial charge in [0.25, 0.3) is 0 Å². The Balaban J connectivity index is 4.89. The molecule has 4 heteroatoms. The molecule has 0 aliphatic carbocycles. The summed E-state index contributed by atoms with van der Waals surface area (Å²) >= 11 is 0. The molecular formula is C12H25FN2O. The lowest BCUT2D eigenvalue weighted by molar-refractivity contribution is -0.130. The van der Waals surface area contributed by atoms with Crippen molar-refractivity contribution in [3.8, 4) is 0 Å². The first-order valence-corrected chi connectivity index (χ1v) is 5.65. The number of hydrogen-bond donors (Lipinski definition) is 2. The predicted octanol–water partition coefficient (Wildman–Crippen LogP) is 1.66. The van der Waals surface area contributed by atoms with Crippen LogP contribution >= 0.6 is 0 Å². The molecule has 3 N–H and O–H groups in total. The van der Waals surface area contributed by atoms with Crippen LogP contribution in [0.25, 0.3) is 0 Å². The van der Waals surface area contributed by atoms with Gasteiger partial charge in [0.05, 0.1) is 6.04 Å². The van der Waals surface area contributed by atoms with Gasteiger partial charge in [0.2, 0.25) is 0 Å². The molecule has 3 nitrogen and oxygen atoms in total. The summed E-state index contributed by atoms with van der Waals surface area (Å²) in [4.78, 5) is 12.1. The number of Topliss-reactive ketones (excluding diaryl/α,β-unsaturated/α-hetero) is 1. The molecule has 2 atom stereocenters. The second-order valence-electron chi connectivity index (χ2n) is 6.24. The number of halogens is 1. The number of nitrogens with two attached hydrogens (primary N) is 1. The maximum Gasteiger partial charge on any atom is 0.158 e. The van der Waals surface area contributed by atoms with Crippen LogP contribution in [0.4, 0.5) is 4.39 Å². The maximum atomic E-state index is 13.7. The summed E-state index contributed by atoms with van der Waals surface area (Å²) in [6, 6.07) is -0.829. The fourth-order valence-electron chi connectivity index (χ4n) is 1.39. The third kappa shape index (κ3) is 5.03. The molecule has 0 spiro atoms. The molecule has 0 aliphatic heterocycles. The topological polar surface area (TPSA) is 55.1 Å². The molecule has 0 radical (unpaired) electrons. The van der Waals surface area contributed by atoms with Gasteiger partial charge in [0.15, 0.2) is 5.78 Å². The van der Waals surface area contributed by atoms with Crippen molar-refractivity contribution in [3.05, 3.63) is 0 Å². The van der Waals surface area contributed by atoms with E-state index in [9.17, 15) is 9.18 Å². The second kappa shape index (κ2) is 5.23. The lowest BCUT2D eigenvalue weighted by atomic mass is 9.84. The van der Waals surface area contributed by atoms with Crippen LogP contribution in [0.1, 0.15) is 41.5 Å². The standard InChI is InChI=1S/C12H25FN2O/c1-11(2,3)10(16)9(8(13)7-14)15-12(4,5)6/h8-9,15H,7,14H2,1-6H3. The second-order valence-corrected chi connectivity index (χ2v) is 6.24. The van der Waals surface area contributed by atoms with Gasteiger partial charge in [0, 0.05) is 17.5 Å². The number of nitrogens with one attached hydrogen (secondary N) is 1. The van der Waals surface area contributed by atoms with Crippen molar-refractivity contribution in [3.63, 3.8) is 0 Å². The van der Waals surface area contributed by atoms with Crippen LogP contribution in [0.2, 0.25) is 0 Å². The van der Waals surface area contributed by atoms with Gasteiger partial charge in [-0.15, -0.1) is 0 Å². The average Bonchev–Trinajstić information content (AvgIpc) is 2.09. The summed E-state index contributed by atoms with van der Waals surface area (Å²) < 4.78 is 13.7. The van der Waals surface area contributed by atoms with Gasteiger partial charge >= 0.3 is 0 Å². The van der Waals surface area contributed by atoms with Gasteiger partial charge in [-0.05, 0) is 20.8 Å². The monoisotopic (exact) mass is 232 g/mol. The number of rotatable bonds is 4. The highest BCUT2D eigenvalue weighted by atomic mass is 19.1. The Morgan fingerprint density at radius 1 is 1.25 bits per heavy atom. The first kappa shape index (κ1) is 15.5. The van der Waals surface area contributed by atoms with E-state index in [0.717, 1.165) is 0 Å². The zero-order valence-corrected chi connectivity index (χ0v) is 11.2. The van der Waals surface area contributed by atoms with E-state index < -0.39 is 17.6 Å². The molecule has 16 heavy (non-hydrogen) atoms. The van der Waals surface area contributed by atoms with Crippen LogP contribution in [-0.4, -0.2) is 30.1 Å². The van der Waals surface area contributed by atoms with Crippen LogP contribution in [0.15, 0.2) is 0 Å². The highest BCUT2D eigenvalue weighted by Gasteiger charge is 2.36. The van der Waals surface area contributed by atoms with E-state index in [4.69, 9.17) is 5.73 Å². The van der Waals surface area contributed by atoms with Crippen LogP contribution in [0.3, 0.4) is 0 Å². The third-order valence-corrected chi connectivity index (χ3v) is 2.20. The summed E-state index contributed by atoms with van der Waals surface area (Å²) in [5, 5.41) is 3.01. The molecule has 2 unspecified atom stereocenters. The van der Waals surface area contributed by atoms with E-state index in [0.29, 0.717) is 0 Å². The van der Waals surface area contributed by atoms with E-state index >= 15 is 0 Å². The lowest BCUT2D eigenvalue weighted by Gasteiger charge is -2.33. The number of alkyl halides is 1. The first-order valence-electron chi connectivity index (χ1n) is 5.65. The van der Waals surface area contributed by atoms with Crippen molar-refractivity contribution in [2.45, 2.75) is 59.3 Å². The van der Waals surface area contributed by atoms with Crippen molar-refractivity contribution in [1.29, 1.82) is 0 Å². The summed E-state index contributed by atoms with van der Waals surface area (Å²) in [6.45, 7) is 10.9. The van der Waals surface area contributed by atoms with E-state index in [2.05, 4.69) is 5.32 Å². The number of carbonyl (C=O) groups excluding carboxylic acids is 1. The largest absolute Gasteiger partial charge is 0.328 e. The summed E-state index contributed by atoms with van der Waals surface area (Å²) in [7, 11) is 0. The van der Waals surface area contributed by atoms with Gasteiger partial charge in [-0.2, -0.15) is 0 Å². The molecule has 0 fully saturated rings. The third-order valence-electron chi connectivity index (χ3n) is 2.20. The smallest absolute Gasteiger partial charge is 0.158 e. The fraction of sp³-hybridized carbons (Fsp3) is 0.917. The van der Waals surface area contributed by atoms with Crippen LogP contribution in [-0.2, 0) is 4.79 Å². The summed E-state index contributed by atoms with van der Waals surface area (Å²) in [6.07, 6.45) is -1.34. The Kier molecular flexibility index (Phi) is 5.08. The fourth-order valence-corrected chi connectivity index (χ4v) is 1.39.